The number of aryl methyl sites for hydroxylation is 2. The van der Waals surface area contributed by atoms with Gasteiger partial charge in [0.25, 0.3) is 0 Å². The molecule has 0 aromatic heterocycles. The van der Waals surface area contributed by atoms with Crippen LogP contribution in [0.5, 0.6) is 11.5 Å². The van der Waals surface area contributed by atoms with Crippen LogP contribution in [0.15, 0.2) is 30.3 Å². The van der Waals surface area contributed by atoms with Crippen LogP contribution < -0.4 is 14.8 Å². The number of rotatable bonds is 11. The van der Waals surface area contributed by atoms with Gasteiger partial charge in [-0.15, -0.1) is 0 Å². The summed E-state index contributed by atoms with van der Waals surface area (Å²) >= 11 is 0. The summed E-state index contributed by atoms with van der Waals surface area (Å²) in [5, 5.41) is 0.821. The molecule has 0 spiro atoms. The second-order valence-electron chi connectivity index (χ2n) is 9.13. The van der Waals surface area contributed by atoms with Gasteiger partial charge in [-0.05, 0) is 84.4 Å². The van der Waals surface area contributed by atoms with Crippen molar-refractivity contribution in [1.82, 2.24) is 0 Å². The van der Waals surface area contributed by atoms with Crippen LogP contribution in [0, 0.1) is 13.8 Å². The number of carbonyl (C=O) groups excluding carboxylic acids is 1. The Morgan fingerprint density at radius 3 is 1.94 bits per heavy atom. The maximum absolute atomic E-state index is 13.4. The third-order valence-electron chi connectivity index (χ3n) is 5.22. The van der Waals surface area contributed by atoms with E-state index in [4.69, 9.17) is 18.9 Å². The first-order valence-corrected chi connectivity index (χ1v) is 12.6. The van der Waals surface area contributed by atoms with Gasteiger partial charge >= 0.3 is 18.9 Å². The number of carbonyl (C=O) groups is 1. The molecule has 0 fully saturated rings. The van der Waals surface area contributed by atoms with Gasteiger partial charge in [0.2, 0.25) is 0 Å². The Bertz CT molecular complexity index is 932. The van der Waals surface area contributed by atoms with E-state index in [2.05, 4.69) is 32.9 Å². The molecule has 34 heavy (non-hydrogen) atoms. The van der Waals surface area contributed by atoms with Crippen molar-refractivity contribution >= 4 is 38.3 Å². The molecule has 0 saturated carbocycles. The first-order valence-electron chi connectivity index (χ1n) is 11.6. The molecule has 3 atom stereocenters. The molecule has 2 rings (SSSR count). The van der Waals surface area contributed by atoms with Crippen molar-refractivity contribution in [3.8, 4) is 11.5 Å². The van der Waals surface area contributed by atoms with Crippen molar-refractivity contribution in [2.45, 2.75) is 80.3 Å². The first-order chi connectivity index (χ1) is 15.5. The summed E-state index contributed by atoms with van der Waals surface area (Å²) in [6.07, 6.45) is -0.823. The van der Waals surface area contributed by atoms with Crippen molar-refractivity contribution in [1.29, 1.82) is 0 Å². The van der Waals surface area contributed by atoms with E-state index < -0.39 is 6.29 Å². The summed E-state index contributed by atoms with van der Waals surface area (Å²) in [6, 6.07) is 9.82. The molecular formula is C27H40LiO5P. The van der Waals surface area contributed by atoms with Gasteiger partial charge in [-0.25, -0.2) is 0 Å². The summed E-state index contributed by atoms with van der Waals surface area (Å²) in [5.41, 5.74) is 4.16. The van der Waals surface area contributed by atoms with E-state index in [1.165, 1.54) is 5.56 Å². The fourth-order valence-corrected chi connectivity index (χ4v) is 4.81. The van der Waals surface area contributed by atoms with Gasteiger partial charge in [-0.3, -0.25) is 4.79 Å². The van der Waals surface area contributed by atoms with Gasteiger partial charge in [-0.2, -0.15) is 0 Å². The molecule has 2 aromatic rings. The predicted octanol–water partition coefficient (Wildman–Crippen LogP) is 5.62. The van der Waals surface area contributed by atoms with E-state index in [0.29, 0.717) is 24.7 Å². The molecule has 0 aliphatic rings. The quantitative estimate of drug-likeness (QED) is 0.236. The van der Waals surface area contributed by atoms with Gasteiger partial charge in [0.15, 0.2) is 18.1 Å². The zero-order valence-corrected chi connectivity index (χ0v) is 22.5. The SMILES string of the molecule is CCOC(C)Oc1ccc(PC(=O)c2c(C)cc(C(C)(C)C)cc2C)c(OC(C)OCC)c1.[LiH]. The van der Waals surface area contributed by atoms with Gasteiger partial charge in [0.1, 0.15) is 11.5 Å². The van der Waals surface area contributed by atoms with Crippen molar-refractivity contribution in [3.63, 3.8) is 0 Å². The zero-order valence-electron chi connectivity index (χ0n) is 21.5. The monoisotopic (exact) mass is 482 g/mol. The fraction of sp³-hybridized carbons (Fsp3) is 0.519. The average molecular weight is 483 g/mol. The van der Waals surface area contributed by atoms with E-state index >= 15 is 0 Å². The standard InChI is InChI=1S/C27H39O5P.Li.H/c1-10-29-19(5)31-22-12-13-24(23(16-22)32-20(6)30-11-2)33-26(28)25-17(3)14-21(15-18(25)4)27(7,8)9;;/h12-16,19-20,33H,10-11H2,1-9H3;;. The number of hydrogen-bond acceptors (Lipinski definition) is 5. The summed E-state index contributed by atoms with van der Waals surface area (Å²) in [5.74, 6) is 1.21. The molecule has 0 amide bonds. The van der Waals surface area contributed by atoms with Crippen molar-refractivity contribution in [3.05, 3.63) is 52.6 Å². The maximum atomic E-state index is 13.4. The van der Waals surface area contributed by atoms with E-state index in [1.54, 1.807) is 0 Å². The third kappa shape index (κ3) is 8.70. The molecule has 0 saturated heterocycles. The van der Waals surface area contributed by atoms with Crippen LogP contribution in [-0.2, 0) is 14.9 Å². The van der Waals surface area contributed by atoms with Crippen molar-refractivity contribution in [2.75, 3.05) is 13.2 Å². The fourth-order valence-electron chi connectivity index (χ4n) is 3.62. The molecule has 0 aliphatic heterocycles. The molecule has 7 heteroatoms. The van der Waals surface area contributed by atoms with Crippen LogP contribution in [0.3, 0.4) is 0 Å². The third-order valence-corrected chi connectivity index (χ3v) is 6.38. The van der Waals surface area contributed by atoms with Gasteiger partial charge in [0, 0.05) is 30.1 Å². The molecule has 3 unspecified atom stereocenters. The molecule has 0 radical (unpaired) electrons. The minimum absolute atomic E-state index is 0. The Hall–Kier alpha value is -1.34. The van der Waals surface area contributed by atoms with E-state index in [-0.39, 0.29) is 44.7 Å². The first kappa shape index (κ1) is 30.7. The predicted molar refractivity (Wildman–Crippen MR) is 144 cm³/mol. The van der Waals surface area contributed by atoms with E-state index in [9.17, 15) is 4.79 Å². The molecule has 5 nitrogen and oxygen atoms in total. The zero-order chi connectivity index (χ0) is 24.8. The van der Waals surface area contributed by atoms with Crippen LogP contribution >= 0.6 is 8.58 Å². The summed E-state index contributed by atoms with van der Waals surface area (Å²) in [4.78, 5) is 13.4. The minimum atomic E-state index is -0.442. The molecule has 0 bridgehead atoms. The number of ether oxygens (including phenoxy) is 4. The van der Waals surface area contributed by atoms with Crippen molar-refractivity contribution in [2.24, 2.45) is 0 Å². The molecule has 2 aromatic carbocycles. The summed E-state index contributed by atoms with van der Waals surface area (Å²) in [6.45, 7) is 19.2. The Balaban J connectivity index is 0.00000578. The number of hydrogen-bond donors (Lipinski definition) is 0. The van der Waals surface area contributed by atoms with Crippen molar-refractivity contribution < 1.29 is 23.7 Å². The second kappa shape index (κ2) is 13.7. The molecule has 184 valence electrons. The summed E-state index contributed by atoms with van der Waals surface area (Å²) < 4.78 is 22.9. The molecule has 0 N–H and O–H groups in total. The van der Waals surface area contributed by atoms with E-state index in [0.717, 1.165) is 22.0 Å². The normalized spacial score (nSPS) is 13.4. The van der Waals surface area contributed by atoms with Gasteiger partial charge in [-0.1, -0.05) is 32.9 Å². The Morgan fingerprint density at radius 1 is 0.912 bits per heavy atom. The van der Waals surface area contributed by atoms with Crippen LogP contribution in [0.4, 0.5) is 0 Å². The molecule has 0 aliphatic carbocycles. The Kier molecular flexibility index (Phi) is 12.3. The average Bonchev–Trinajstić information content (AvgIpc) is 2.69. The van der Waals surface area contributed by atoms with Crippen LogP contribution in [0.1, 0.15) is 75.5 Å². The van der Waals surface area contributed by atoms with E-state index in [1.807, 2.05) is 59.7 Å². The Morgan fingerprint density at radius 2 is 1.44 bits per heavy atom. The van der Waals surface area contributed by atoms with Crippen LogP contribution in [-0.4, -0.2) is 50.2 Å². The topological polar surface area (TPSA) is 54.0 Å². The van der Waals surface area contributed by atoms with Gasteiger partial charge in [0.05, 0.1) is 0 Å². The van der Waals surface area contributed by atoms with Crippen LogP contribution in [0.25, 0.3) is 0 Å². The molecular weight excluding hydrogens is 442 g/mol. The second-order valence-corrected chi connectivity index (χ2v) is 10.4. The van der Waals surface area contributed by atoms with Gasteiger partial charge < -0.3 is 18.9 Å². The Labute approximate surface area is 219 Å². The van der Waals surface area contributed by atoms with Crippen LogP contribution in [0.2, 0.25) is 0 Å². The summed E-state index contributed by atoms with van der Waals surface area (Å²) in [7, 11) is -0.0813. The molecule has 0 heterocycles. The number of benzene rings is 2.